The van der Waals surface area contributed by atoms with E-state index in [9.17, 15) is 0 Å². The maximum Gasteiger partial charge on any atom is 0.226 e. The van der Waals surface area contributed by atoms with Crippen molar-refractivity contribution in [2.24, 2.45) is 0 Å². The molecule has 0 bridgehead atoms. The summed E-state index contributed by atoms with van der Waals surface area (Å²) in [6, 6.07) is 10.6. The Morgan fingerprint density at radius 1 is 1.35 bits per heavy atom. The van der Waals surface area contributed by atoms with Crippen molar-refractivity contribution in [3.05, 3.63) is 42.3 Å². The summed E-state index contributed by atoms with van der Waals surface area (Å²) >= 11 is 0. The lowest BCUT2D eigenvalue weighted by atomic mass is 10.2. The lowest BCUT2D eigenvalue weighted by Crippen LogP contribution is -2.35. The van der Waals surface area contributed by atoms with Gasteiger partial charge in [-0.25, -0.2) is 4.98 Å². The summed E-state index contributed by atoms with van der Waals surface area (Å²) in [6.07, 6.45) is 4.33. The monoisotopic (exact) mass is 271 g/mol. The molecule has 2 heterocycles. The van der Waals surface area contributed by atoms with Crippen LogP contribution in [0.5, 0.6) is 0 Å². The minimum Gasteiger partial charge on any atom is -0.444 e. The Labute approximate surface area is 119 Å². The van der Waals surface area contributed by atoms with Crippen LogP contribution in [0.3, 0.4) is 0 Å². The maximum absolute atomic E-state index is 5.57. The average Bonchev–Trinajstić information content (AvgIpc) is 3.11. The zero-order valence-corrected chi connectivity index (χ0v) is 11.9. The van der Waals surface area contributed by atoms with Crippen molar-refractivity contribution in [1.82, 2.24) is 15.2 Å². The van der Waals surface area contributed by atoms with Gasteiger partial charge in [0.15, 0.2) is 0 Å². The van der Waals surface area contributed by atoms with Crippen LogP contribution in [-0.2, 0) is 6.54 Å². The number of aromatic nitrogens is 1. The lowest BCUT2D eigenvalue weighted by Gasteiger charge is -2.19. The summed E-state index contributed by atoms with van der Waals surface area (Å²) in [5, 5.41) is 3.52. The van der Waals surface area contributed by atoms with Crippen LogP contribution in [0.1, 0.15) is 18.5 Å². The zero-order chi connectivity index (χ0) is 13.8. The highest BCUT2D eigenvalue weighted by atomic mass is 16.3. The minimum absolute atomic E-state index is 0.625. The normalized spacial score (nSPS) is 18.8. The molecular formula is C16H21N3O. The molecule has 4 nitrogen and oxygen atoms in total. The van der Waals surface area contributed by atoms with E-state index >= 15 is 0 Å². The van der Waals surface area contributed by atoms with E-state index in [0.29, 0.717) is 11.9 Å². The molecule has 0 saturated carbocycles. The third-order valence-corrected chi connectivity index (χ3v) is 3.70. The molecule has 1 saturated heterocycles. The highest BCUT2D eigenvalue weighted by Gasteiger charge is 2.16. The second kappa shape index (κ2) is 6.20. The summed E-state index contributed by atoms with van der Waals surface area (Å²) in [5.41, 5.74) is 2.02. The summed E-state index contributed by atoms with van der Waals surface area (Å²) in [6.45, 7) is 3.04. The predicted molar refractivity (Wildman–Crippen MR) is 79.3 cm³/mol. The van der Waals surface area contributed by atoms with Gasteiger partial charge in [-0.15, -0.1) is 0 Å². The van der Waals surface area contributed by atoms with Gasteiger partial charge in [0.2, 0.25) is 5.89 Å². The molecule has 3 rings (SSSR count). The van der Waals surface area contributed by atoms with Crippen molar-refractivity contribution < 1.29 is 4.42 Å². The highest BCUT2D eigenvalue weighted by Crippen LogP contribution is 2.18. The second-order valence-electron chi connectivity index (χ2n) is 5.50. The van der Waals surface area contributed by atoms with E-state index in [2.05, 4.69) is 22.2 Å². The number of rotatable bonds is 5. The number of benzene rings is 1. The Bertz CT molecular complexity index is 532. The molecule has 1 aliphatic rings. The number of hydrogen-bond donors (Lipinski definition) is 1. The Morgan fingerprint density at radius 2 is 2.20 bits per heavy atom. The van der Waals surface area contributed by atoms with Crippen LogP contribution in [0.25, 0.3) is 11.5 Å². The fraction of sp³-hybridized carbons (Fsp3) is 0.438. The second-order valence-corrected chi connectivity index (χ2v) is 5.50. The van der Waals surface area contributed by atoms with Crippen LogP contribution in [0.15, 0.2) is 41.0 Å². The zero-order valence-electron chi connectivity index (χ0n) is 11.9. The van der Waals surface area contributed by atoms with Crippen LogP contribution in [0.4, 0.5) is 0 Å². The van der Waals surface area contributed by atoms with E-state index in [1.54, 1.807) is 6.26 Å². The molecule has 0 radical (unpaired) electrons. The van der Waals surface area contributed by atoms with Gasteiger partial charge in [0.05, 0.1) is 5.69 Å². The topological polar surface area (TPSA) is 41.3 Å². The number of oxazole rings is 1. The van der Waals surface area contributed by atoms with E-state index in [1.165, 1.54) is 12.8 Å². The quantitative estimate of drug-likeness (QED) is 0.907. The van der Waals surface area contributed by atoms with Gasteiger partial charge in [0.25, 0.3) is 0 Å². The van der Waals surface area contributed by atoms with Gasteiger partial charge in [-0.1, -0.05) is 18.2 Å². The van der Waals surface area contributed by atoms with E-state index < -0.39 is 0 Å². The van der Waals surface area contributed by atoms with Crippen LogP contribution >= 0.6 is 0 Å². The van der Waals surface area contributed by atoms with Crippen LogP contribution < -0.4 is 5.32 Å². The summed E-state index contributed by atoms with van der Waals surface area (Å²) in [5.74, 6) is 0.702. The molecule has 2 aromatic rings. The Hall–Kier alpha value is -1.65. The molecule has 0 amide bonds. The standard InChI is InChI=1S/C16H21N3O/c1-19(10-14-8-5-9-17-14)11-15-12-20-16(18-15)13-6-3-2-4-7-13/h2-4,6-7,12,14,17H,5,8-11H2,1H3. The Morgan fingerprint density at radius 3 is 2.95 bits per heavy atom. The van der Waals surface area contributed by atoms with Crippen LogP contribution in [-0.4, -0.2) is 36.1 Å². The van der Waals surface area contributed by atoms with E-state index in [4.69, 9.17) is 4.42 Å². The number of nitrogens with zero attached hydrogens (tertiary/aromatic N) is 2. The summed E-state index contributed by atoms with van der Waals surface area (Å²) in [4.78, 5) is 6.87. The third-order valence-electron chi connectivity index (χ3n) is 3.70. The molecule has 4 heteroatoms. The molecule has 20 heavy (non-hydrogen) atoms. The predicted octanol–water partition coefficient (Wildman–Crippen LogP) is 2.53. The van der Waals surface area contributed by atoms with Gasteiger partial charge in [-0.2, -0.15) is 0 Å². The van der Waals surface area contributed by atoms with Gasteiger partial charge < -0.3 is 9.73 Å². The molecule has 1 fully saturated rings. The summed E-state index contributed by atoms with van der Waals surface area (Å²) in [7, 11) is 2.14. The van der Waals surface area contributed by atoms with Crippen LogP contribution in [0, 0.1) is 0 Å². The molecule has 1 N–H and O–H groups in total. The molecule has 1 unspecified atom stereocenters. The third kappa shape index (κ3) is 3.26. The van der Waals surface area contributed by atoms with Gasteiger partial charge in [-0.3, -0.25) is 4.90 Å². The van der Waals surface area contributed by atoms with Crippen molar-refractivity contribution in [3.63, 3.8) is 0 Å². The number of hydrogen-bond acceptors (Lipinski definition) is 4. The first kappa shape index (κ1) is 13.3. The molecule has 1 aliphatic heterocycles. The van der Waals surface area contributed by atoms with E-state index in [0.717, 1.165) is 30.9 Å². The molecule has 1 atom stereocenters. The molecule has 106 valence electrons. The smallest absolute Gasteiger partial charge is 0.226 e. The van der Waals surface area contributed by atoms with Crippen molar-refractivity contribution in [3.8, 4) is 11.5 Å². The van der Waals surface area contributed by atoms with Crippen molar-refractivity contribution in [1.29, 1.82) is 0 Å². The van der Waals surface area contributed by atoms with Gasteiger partial charge >= 0.3 is 0 Å². The average molecular weight is 271 g/mol. The summed E-state index contributed by atoms with van der Waals surface area (Å²) < 4.78 is 5.57. The van der Waals surface area contributed by atoms with Crippen molar-refractivity contribution in [2.45, 2.75) is 25.4 Å². The SMILES string of the molecule is CN(Cc1coc(-c2ccccc2)n1)CC1CCCN1. The van der Waals surface area contributed by atoms with Crippen LogP contribution in [0.2, 0.25) is 0 Å². The largest absolute Gasteiger partial charge is 0.444 e. The minimum atomic E-state index is 0.625. The fourth-order valence-electron chi connectivity index (χ4n) is 2.72. The highest BCUT2D eigenvalue weighted by molar-refractivity contribution is 5.52. The first-order valence-corrected chi connectivity index (χ1v) is 7.23. The molecule has 1 aromatic carbocycles. The lowest BCUT2D eigenvalue weighted by molar-refractivity contribution is 0.290. The maximum atomic E-state index is 5.57. The van der Waals surface area contributed by atoms with Gasteiger partial charge in [-0.05, 0) is 38.6 Å². The molecule has 1 aromatic heterocycles. The van der Waals surface area contributed by atoms with Gasteiger partial charge in [0, 0.05) is 24.7 Å². The van der Waals surface area contributed by atoms with Crippen molar-refractivity contribution in [2.75, 3.05) is 20.1 Å². The van der Waals surface area contributed by atoms with E-state index in [1.807, 2.05) is 30.3 Å². The molecule has 0 spiro atoms. The number of likely N-dealkylation sites (N-methyl/N-ethyl adjacent to an activating group) is 1. The fourth-order valence-corrected chi connectivity index (χ4v) is 2.72. The molecular weight excluding hydrogens is 250 g/mol. The first-order valence-electron chi connectivity index (χ1n) is 7.23. The van der Waals surface area contributed by atoms with Crippen molar-refractivity contribution >= 4 is 0 Å². The first-order chi connectivity index (χ1) is 9.81. The Kier molecular flexibility index (Phi) is 4.14. The molecule has 0 aliphatic carbocycles. The Balaban J connectivity index is 1.59. The van der Waals surface area contributed by atoms with E-state index in [-0.39, 0.29) is 0 Å². The number of nitrogens with one attached hydrogen (secondary N) is 1. The van der Waals surface area contributed by atoms with Gasteiger partial charge in [0.1, 0.15) is 6.26 Å².